The van der Waals surface area contributed by atoms with Crippen LogP contribution in [0.4, 0.5) is 4.79 Å². The van der Waals surface area contributed by atoms with E-state index in [4.69, 9.17) is 0 Å². The predicted octanol–water partition coefficient (Wildman–Crippen LogP) is 3.58. The van der Waals surface area contributed by atoms with Crippen LogP contribution < -0.4 is 5.32 Å². The van der Waals surface area contributed by atoms with E-state index in [1.54, 1.807) is 4.68 Å². The number of nitrogens with zero attached hydrogens (tertiary/aromatic N) is 3. The van der Waals surface area contributed by atoms with Crippen LogP contribution in [0, 0.1) is 16.7 Å². The van der Waals surface area contributed by atoms with Crippen molar-refractivity contribution in [2.24, 2.45) is 16.7 Å². The molecular weight excluding hydrogens is 420 g/mol. The highest BCUT2D eigenvalue weighted by molar-refractivity contribution is 5.92. The van der Waals surface area contributed by atoms with Gasteiger partial charge in [-0.2, -0.15) is 5.10 Å². The largest absolute Gasteiger partial charge is 0.465 e. The summed E-state index contributed by atoms with van der Waals surface area (Å²) in [6.45, 7) is 10.4. The van der Waals surface area contributed by atoms with Crippen LogP contribution in [0.25, 0.3) is 5.69 Å². The van der Waals surface area contributed by atoms with Gasteiger partial charge in [-0.3, -0.25) is 4.79 Å². The number of para-hydroxylation sites is 1. The van der Waals surface area contributed by atoms with Gasteiger partial charge in [0.1, 0.15) is 0 Å². The molecule has 0 radical (unpaired) electrons. The molecule has 8 nitrogen and oxygen atoms in total. The van der Waals surface area contributed by atoms with Crippen LogP contribution in [0.2, 0.25) is 0 Å². The van der Waals surface area contributed by atoms with E-state index in [2.05, 4.69) is 24.3 Å². The van der Waals surface area contributed by atoms with E-state index in [0.29, 0.717) is 24.6 Å². The van der Waals surface area contributed by atoms with E-state index >= 15 is 0 Å². The minimum Gasteiger partial charge on any atom is -0.465 e. The SMILES string of the molecule is CC(C)Cc1cc(C(=O)NCC2(CO)CCN(C(=O)O)C2C(C)(C)C)nn1-c1ccccc1. The number of benzene rings is 1. The summed E-state index contributed by atoms with van der Waals surface area (Å²) in [5.41, 5.74) is 0.989. The number of amides is 2. The first kappa shape index (κ1) is 24.8. The summed E-state index contributed by atoms with van der Waals surface area (Å²) in [5.74, 6) is 0.0645. The quantitative estimate of drug-likeness (QED) is 0.590. The second-order valence-electron chi connectivity index (χ2n) is 10.6. The Morgan fingerprint density at radius 2 is 1.91 bits per heavy atom. The van der Waals surface area contributed by atoms with Crippen LogP contribution in [-0.2, 0) is 6.42 Å². The standard InChI is InChI=1S/C25H36N4O4/c1-17(2)13-19-14-20(27-29(19)18-9-7-6-8-10-18)21(31)26-15-25(16-30)11-12-28(23(32)33)22(25)24(3,4)5/h6-10,14,17,22,30H,11-13,15-16H2,1-5H3,(H,26,31)(H,32,33). The summed E-state index contributed by atoms with van der Waals surface area (Å²) in [5, 5.41) is 27.5. The number of hydrogen-bond donors (Lipinski definition) is 3. The average Bonchev–Trinajstić information content (AvgIpc) is 3.34. The van der Waals surface area contributed by atoms with Crippen LogP contribution in [0.3, 0.4) is 0 Å². The van der Waals surface area contributed by atoms with Crippen molar-refractivity contribution in [3.8, 4) is 5.69 Å². The van der Waals surface area contributed by atoms with Gasteiger partial charge in [-0.25, -0.2) is 9.48 Å². The van der Waals surface area contributed by atoms with E-state index in [9.17, 15) is 19.8 Å². The molecule has 1 aliphatic heterocycles. The fourth-order valence-corrected chi connectivity index (χ4v) is 5.17. The summed E-state index contributed by atoms with van der Waals surface area (Å²) in [6.07, 6.45) is 0.251. The minimum absolute atomic E-state index is 0.172. The van der Waals surface area contributed by atoms with Crippen molar-refractivity contribution >= 4 is 12.0 Å². The number of aliphatic hydroxyl groups is 1. The van der Waals surface area contributed by atoms with Gasteiger partial charge >= 0.3 is 6.09 Å². The van der Waals surface area contributed by atoms with Crippen molar-refractivity contribution in [3.05, 3.63) is 47.8 Å². The Morgan fingerprint density at radius 3 is 2.45 bits per heavy atom. The van der Waals surface area contributed by atoms with Gasteiger partial charge < -0.3 is 20.4 Å². The maximum Gasteiger partial charge on any atom is 0.407 e. The van der Waals surface area contributed by atoms with Crippen molar-refractivity contribution in [3.63, 3.8) is 0 Å². The lowest BCUT2D eigenvalue weighted by Crippen LogP contribution is -2.55. The zero-order valence-corrected chi connectivity index (χ0v) is 20.2. The van der Waals surface area contributed by atoms with E-state index in [1.807, 2.05) is 57.2 Å². The lowest BCUT2D eigenvalue weighted by molar-refractivity contribution is 0.0175. The summed E-state index contributed by atoms with van der Waals surface area (Å²) >= 11 is 0. The first-order chi connectivity index (χ1) is 15.5. The topological polar surface area (TPSA) is 108 Å². The van der Waals surface area contributed by atoms with Crippen LogP contribution >= 0.6 is 0 Å². The highest BCUT2D eigenvalue weighted by Crippen LogP contribution is 2.45. The molecule has 0 spiro atoms. The summed E-state index contributed by atoms with van der Waals surface area (Å²) in [7, 11) is 0. The van der Waals surface area contributed by atoms with E-state index in [-0.39, 0.29) is 19.1 Å². The maximum atomic E-state index is 13.1. The third-order valence-corrected chi connectivity index (χ3v) is 6.36. The number of hydrogen-bond acceptors (Lipinski definition) is 4. The molecule has 2 unspecified atom stereocenters. The van der Waals surface area contributed by atoms with E-state index in [1.165, 1.54) is 4.90 Å². The number of carboxylic acid groups (broad SMARTS) is 1. The molecule has 1 saturated heterocycles. The number of rotatable bonds is 7. The van der Waals surface area contributed by atoms with Crippen molar-refractivity contribution in [2.75, 3.05) is 19.7 Å². The molecule has 1 fully saturated rings. The maximum absolute atomic E-state index is 13.1. The first-order valence-electron chi connectivity index (χ1n) is 11.5. The van der Waals surface area contributed by atoms with Crippen molar-refractivity contribution in [2.45, 2.75) is 53.5 Å². The third-order valence-electron chi connectivity index (χ3n) is 6.36. The molecule has 2 aromatic rings. The fourth-order valence-electron chi connectivity index (χ4n) is 5.17. The van der Waals surface area contributed by atoms with Crippen LogP contribution in [0.1, 0.15) is 57.2 Å². The van der Waals surface area contributed by atoms with Crippen molar-refractivity contribution in [1.82, 2.24) is 20.0 Å². The number of likely N-dealkylation sites (tertiary alicyclic amines) is 1. The van der Waals surface area contributed by atoms with Gasteiger partial charge in [0.25, 0.3) is 5.91 Å². The molecule has 2 amide bonds. The van der Waals surface area contributed by atoms with Gasteiger partial charge in [0.05, 0.1) is 12.3 Å². The molecule has 1 aromatic carbocycles. The van der Waals surface area contributed by atoms with Gasteiger partial charge in [-0.1, -0.05) is 52.8 Å². The van der Waals surface area contributed by atoms with E-state index in [0.717, 1.165) is 17.8 Å². The van der Waals surface area contributed by atoms with Crippen LogP contribution in [0.5, 0.6) is 0 Å². The molecule has 1 aromatic heterocycles. The van der Waals surface area contributed by atoms with Crippen LogP contribution in [-0.4, -0.2) is 62.6 Å². The highest BCUT2D eigenvalue weighted by atomic mass is 16.4. The number of carbonyl (C=O) groups excluding carboxylic acids is 1. The van der Waals surface area contributed by atoms with Gasteiger partial charge in [-0.05, 0) is 42.4 Å². The predicted molar refractivity (Wildman–Crippen MR) is 127 cm³/mol. The Balaban J connectivity index is 1.85. The Bertz CT molecular complexity index is 980. The first-order valence-corrected chi connectivity index (χ1v) is 11.5. The normalized spacial score (nSPS) is 20.9. The smallest absolute Gasteiger partial charge is 0.407 e. The molecule has 3 rings (SSSR count). The lowest BCUT2D eigenvalue weighted by Gasteiger charge is -2.44. The Labute approximate surface area is 195 Å². The number of nitrogens with one attached hydrogen (secondary N) is 1. The number of aromatic nitrogens is 2. The van der Waals surface area contributed by atoms with Gasteiger partial charge in [-0.15, -0.1) is 0 Å². The molecule has 3 N–H and O–H groups in total. The molecule has 0 bridgehead atoms. The minimum atomic E-state index is -1.00. The second-order valence-corrected chi connectivity index (χ2v) is 10.6. The van der Waals surface area contributed by atoms with Crippen molar-refractivity contribution < 1.29 is 19.8 Å². The van der Waals surface area contributed by atoms with Crippen LogP contribution in [0.15, 0.2) is 36.4 Å². The molecular formula is C25H36N4O4. The fraction of sp³-hybridized carbons (Fsp3) is 0.560. The third kappa shape index (κ3) is 5.21. The van der Waals surface area contributed by atoms with Gasteiger partial charge in [0, 0.05) is 30.2 Å². The highest BCUT2D eigenvalue weighted by Gasteiger charge is 2.53. The molecule has 0 aliphatic carbocycles. The molecule has 1 aliphatic rings. The van der Waals surface area contributed by atoms with Crippen molar-refractivity contribution in [1.29, 1.82) is 0 Å². The van der Waals surface area contributed by atoms with E-state index < -0.39 is 23.0 Å². The van der Waals surface area contributed by atoms with Gasteiger partial charge in [0.2, 0.25) is 0 Å². The summed E-state index contributed by atoms with van der Waals surface area (Å²) < 4.78 is 1.80. The Kier molecular flexibility index (Phi) is 7.17. The second kappa shape index (κ2) is 9.55. The molecule has 2 atom stereocenters. The van der Waals surface area contributed by atoms with Gasteiger partial charge in [0.15, 0.2) is 5.69 Å². The zero-order chi connectivity index (χ0) is 24.4. The number of carbonyl (C=O) groups is 2. The molecule has 33 heavy (non-hydrogen) atoms. The molecule has 2 heterocycles. The Hall–Kier alpha value is -2.87. The molecule has 8 heteroatoms. The average molecular weight is 457 g/mol. The number of aliphatic hydroxyl groups excluding tert-OH is 1. The monoisotopic (exact) mass is 456 g/mol. The summed E-state index contributed by atoms with van der Waals surface area (Å²) in [4.78, 5) is 26.3. The molecule has 0 saturated carbocycles. The summed E-state index contributed by atoms with van der Waals surface area (Å²) in [6, 6.07) is 11.1. The zero-order valence-electron chi connectivity index (χ0n) is 20.2. The Morgan fingerprint density at radius 1 is 1.24 bits per heavy atom. The molecule has 180 valence electrons. The lowest BCUT2D eigenvalue weighted by atomic mass is 9.69.